The third-order valence-corrected chi connectivity index (χ3v) is 3.52. The van der Waals surface area contributed by atoms with E-state index in [9.17, 15) is 0 Å². The van der Waals surface area contributed by atoms with Gasteiger partial charge in [0.05, 0.1) is 16.7 Å². The maximum Gasteiger partial charge on any atom is 0.121 e. The minimum Gasteiger partial charge on any atom is -0.494 e. The van der Waals surface area contributed by atoms with Crippen LogP contribution < -0.4 is 10.1 Å². The van der Waals surface area contributed by atoms with E-state index in [1.165, 1.54) is 0 Å². The quantitative estimate of drug-likeness (QED) is 0.838. The maximum absolute atomic E-state index is 6.14. The predicted molar refractivity (Wildman–Crippen MR) is 81.4 cm³/mol. The molecule has 0 bridgehead atoms. The number of hydrogen-bond acceptors (Lipinski definition) is 2. The van der Waals surface area contributed by atoms with Gasteiger partial charge in [0.2, 0.25) is 0 Å². The number of benzene rings is 2. The Kier molecular flexibility index (Phi) is 4.94. The van der Waals surface area contributed by atoms with Gasteiger partial charge in [-0.2, -0.15) is 0 Å². The second-order valence-corrected chi connectivity index (χ2v) is 4.81. The molecular formula is C15H15Cl2NO. The Morgan fingerprint density at radius 2 is 1.89 bits per heavy atom. The van der Waals surface area contributed by atoms with Gasteiger partial charge in [-0.05, 0) is 30.7 Å². The van der Waals surface area contributed by atoms with E-state index in [4.69, 9.17) is 27.9 Å². The molecule has 1 N–H and O–H groups in total. The molecule has 100 valence electrons. The first-order valence-corrected chi connectivity index (χ1v) is 6.86. The highest BCUT2D eigenvalue weighted by molar-refractivity contribution is 6.42. The fourth-order valence-electron chi connectivity index (χ4n) is 1.74. The SMILES string of the molecule is CCOc1cccc(NCc2cccc(Cl)c2Cl)c1. The highest BCUT2D eigenvalue weighted by atomic mass is 35.5. The molecule has 0 aromatic heterocycles. The number of ether oxygens (including phenoxy) is 1. The Morgan fingerprint density at radius 3 is 2.68 bits per heavy atom. The van der Waals surface area contributed by atoms with Gasteiger partial charge >= 0.3 is 0 Å². The van der Waals surface area contributed by atoms with Crippen LogP contribution in [0.2, 0.25) is 10.0 Å². The number of nitrogens with one attached hydrogen (secondary N) is 1. The van der Waals surface area contributed by atoms with Crippen molar-refractivity contribution in [1.82, 2.24) is 0 Å². The molecule has 0 aliphatic carbocycles. The summed E-state index contributed by atoms with van der Waals surface area (Å²) in [5.41, 5.74) is 1.96. The summed E-state index contributed by atoms with van der Waals surface area (Å²) in [5.74, 6) is 0.852. The predicted octanol–water partition coefficient (Wildman–Crippen LogP) is 5.00. The molecular weight excluding hydrogens is 281 g/mol. The van der Waals surface area contributed by atoms with Crippen LogP contribution in [0, 0.1) is 0 Å². The molecule has 2 nitrogen and oxygen atoms in total. The van der Waals surface area contributed by atoms with E-state index in [-0.39, 0.29) is 0 Å². The van der Waals surface area contributed by atoms with Crippen LogP contribution in [0.5, 0.6) is 5.75 Å². The third-order valence-electron chi connectivity index (χ3n) is 2.66. The standard InChI is InChI=1S/C15H15Cl2NO/c1-2-19-13-7-4-6-12(9-13)18-10-11-5-3-8-14(16)15(11)17/h3-9,18H,2,10H2,1H3. The third kappa shape index (κ3) is 3.79. The fraction of sp³-hybridized carbons (Fsp3) is 0.200. The molecule has 0 amide bonds. The van der Waals surface area contributed by atoms with Crippen molar-refractivity contribution in [3.05, 3.63) is 58.1 Å². The van der Waals surface area contributed by atoms with Crippen LogP contribution >= 0.6 is 23.2 Å². The maximum atomic E-state index is 6.14. The van der Waals surface area contributed by atoms with Gasteiger partial charge in [0.15, 0.2) is 0 Å². The highest BCUT2D eigenvalue weighted by Crippen LogP contribution is 2.26. The van der Waals surface area contributed by atoms with Crippen LogP contribution in [0.25, 0.3) is 0 Å². The minimum atomic E-state index is 0.573. The first-order valence-electron chi connectivity index (χ1n) is 6.10. The van der Waals surface area contributed by atoms with Gasteiger partial charge in [0.25, 0.3) is 0 Å². The Morgan fingerprint density at radius 1 is 1.11 bits per heavy atom. The number of hydrogen-bond donors (Lipinski definition) is 1. The van der Waals surface area contributed by atoms with E-state index in [1.807, 2.05) is 43.3 Å². The Balaban J connectivity index is 2.06. The molecule has 2 rings (SSSR count). The second-order valence-electron chi connectivity index (χ2n) is 4.03. The smallest absolute Gasteiger partial charge is 0.121 e. The van der Waals surface area contributed by atoms with Crippen molar-refractivity contribution in [2.75, 3.05) is 11.9 Å². The van der Waals surface area contributed by atoms with E-state index >= 15 is 0 Å². The van der Waals surface area contributed by atoms with Crippen LogP contribution in [-0.4, -0.2) is 6.61 Å². The topological polar surface area (TPSA) is 21.3 Å². The summed E-state index contributed by atoms with van der Waals surface area (Å²) < 4.78 is 5.45. The number of halogens is 2. The zero-order chi connectivity index (χ0) is 13.7. The number of anilines is 1. The molecule has 0 saturated heterocycles. The summed E-state index contributed by atoms with van der Waals surface area (Å²) >= 11 is 12.1. The minimum absolute atomic E-state index is 0.573. The lowest BCUT2D eigenvalue weighted by Crippen LogP contribution is -2.00. The van der Waals surface area contributed by atoms with Gasteiger partial charge in [-0.15, -0.1) is 0 Å². The van der Waals surface area contributed by atoms with Crippen molar-refractivity contribution >= 4 is 28.9 Å². The largest absolute Gasteiger partial charge is 0.494 e. The molecule has 2 aromatic carbocycles. The molecule has 0 atom stereocenters. The van der Waals surface area contributed by atoms with Gasteiger partial charge in [-0.1, -0.05) is 41.4 Å². The molecule has 4 heteroatoms. The van der Waals surface area contributed by atoms with Crippen molar-refractivity contribution in [2.24, 2.45) is 0 Å². The highest BCUT2D eigenvalue weighted by Gasteiger charge is 2.04. The van der Waals surface area contributed by atoms with Crippen molar-refractivity contribution in [3.63, 3.8) is 0 Å². The molecule has 0 fully saturated rings. The summed E-state index contributed by atoms with van der Waals surface area (Å²) in [6.45, 7) is 3.24. The first kappa shape index (κ1) is 14.0. The summed E-state index contributed by atoms with van der Waals surface area (Å²) in [4.78, 5) is 0. The Hall–Kier alpha value is -1.38. The second kappa shape index (κ2) is 6.69. The van der Waals surface area contributed by atoms with E-state index in [0.717, 1.165) is 17.0 Å². The van der Waals surface area contributed by atoms with Crippen molar-refractivity contribution in [2.45, 2.75) is 13.5 Å². The molecule has 2 aromatic rings. The molecule has 0 saturated carbocycles. The van der Waals surface area contributed by atoms with Gasteiger partial charge in [-0.25, -0.2) is 0 Å². The van der Waals surface area contributed by atoms with Crippen LogP contribution in [0.1, 0.15) is 12.5 Å². The molecule has 0 aliphatic heterocycles. The average molecular weight is 296 g/mol. The first-order chi connectivity index (χ1) is 9.20. The molecule has 0 heterocycles. The number of rotatable bonds is 5. The van der Waals surface area contributed by atoms with Crippen LogP contribution in [0.4, 0.5) is 5.69 Å². The van der Waals surface area contributed by atoms with Crippen molar-refractivity contribution in [1.29, 1.82) is 0 Å². The Labute approximate surface area is 123 Å². The van der Waals surface area contributed by atoms with E-state index in [0.29, 0.717) is 23.2 Å². The monoisotopic (exact) mass is 295 g/mol. The zero-order valence-corrected chi connectivity index (χ0v) is 12.1. The van der Waals surface area contributed by atoms with E-state index < -0.39 is 0 Å². The van der Waals surface area contributed by atoms with E-state index in [1.54, 1.807) is 6.07 Å². The fourth-order valence-corrected chi connectivity index (χ4v) is 2.13. The van der Waals surface area contributed by atoms with Gasteiger partial charge in [-0.3, -0.25) is 0 Å². The molecule has 0 aliphatic rings. The van der Waals surface area contributed by atoms with Crippen LogP contribution in [-0.2, 0) is 6.54 Å². The summed E-state index contributed by atoms with van der Waals surface area (Å²) in [6.07, 6.45) is 0. The van der Waals surface area contributed by atoms with Gasteiger partial charge in [0.1, 0.15) is 5.75 Å². The van der Waals surface area contributed by atoms with Gasteiger partial charge < -0.3 is 10.1 Å². The lowest BCUT2D eigenvalue weighted by molar-refractivity contribution is 0.340. The average Bonchev–Trinajstić information content (AvgIpc) is 2.41. The van der Waals surface area contributed by atoms with Gasteiger partial charge in [0, 0.05) is 18.3 Å². The van der Waals surface area contributed by atoms with Crippen LogP contribution in [0.15, 0.2) is 42.5 Å². The van der Waals surface area contributed by atoms with Crippen molar-refractivity contribution < 1.29 is 4.74 Å². The normalized spacial score (nSPS) is 10.3. The zero-order valence-electron chi connectivity index (χ0n) is 10.6. The molecule has 0 spiro atoms. The molecule has 19 heavy (non-hydrogen) atoms. The Bertz CT molecular complexity index is 558. The van der Waals surface area contributed by atoms with Crippen LogP contribution in [0.3, 0.4) is 0 Å². The van der Waals surface area contributed by atoms with E-state index in [2.05, 4.69) is 5.32 Å². The summed E-state index contributed by atoms with van der Waals surface area (Å²) in [7, 11) is 0. The molecule has 0 radical (unpaired) electrons. The van der Waals surface area contributed by atoms with Crippen molar-refractivity contribution in [3.8, 4) is 5.75 Å². The summed E-state index contributed by atoms with van der Waals surface area (Å²) in [5, 5.41) is 4.47. The lowest BCUT2D eigenvalue weighted by Gasteiger charge is -2.10. The summed E-state index contributed by atoms with van der Waals surface area (Å²) in [6, 6.07) is 13.5. The molecule has 0 unspecified atom stereocenters. The lowest BCUT2D eigenvalue weighted by atomic mass is 10.2.